The largest absolute Gasteiger partial charge is 0.490 e. The third kappa shape index (κ3) is 6.40. The minimum absolute atomic E-state index is 0.161. The maximum absolute atomic E-state index is 12.9. The molecule has 190 valence electrons. The van der Waals surface area contributed by atoms with Crippen LogP contribution in [0.15, 0.2) is 76.6 Å². The summed E-state index contributed by atoms with van der Waals surface area (Å²) >= 11 is 1.27. The molecular weight excluding hydrogens is 488 g/mol. The number of hydrogen-bond acceptors (Lipinski definition) is 7. The van der Waals surface area contributed by atoms with Gasteiger partial charge in [0.15, 0.2) is 16.7 Å². The molecule has 37 heavy (non-hydrogen) atoms. The van der Waals surface area contributed by atoms with Crippen LogP contribution in [0, 0.1) is 6.92 Å². The average molecular weight is 517 g/mol. The van der Waals surface area contributed by atoms with E-state index in [1.165, 1.54) is 29.3 Å². The molecule has 0 atom stereocenters. The summed E-state index contributed by atoms with van der Waals surface area (Å²) < 4.78 is 16.6. The van der Waals surface area contributed by atoms with Crippen molar-refractivity contribution in [3.05, 3.63) is 93.9 Å². The molecule has 0 spiro atoms. The molecular formula is C29H28N2O5S. The summed E-state index contributed by atoms with van der Waals surface area (Å²) in [6, 6.07) is 20.6. The van der Waals surface area contributed by atoms with Crippen molar-refractivity contribution in [2.75, 3.05) is 20.8 Å². The summed E-state index contributed by atoms with van der Waals surface area (Å²) in [5, 5.41) is 0.515. The van der Waals surface area contributed by atoms with Crippen LogP contribution in [0.2, 0.25) is 0 Å². The number of benzene rings is 3. The molecule has 7 nitrogen and oxygen atoms in total. The lowest BCUT2D eigenvalue weighted by Crippen LogP contribution is -2.23. The lowest BCUT2D eigenvalue weighted by molar-refractivity contribution is -0.121. The molecule has 0 radical (unpaired) electrons. The number of thioether (sulfide) groups is 1. The van der Waals surface area contributed by atoms with Gasteiger partial charge in [-0.25, -0.2) is 9.79 Å². The molecule has 1 aliphatic heterocycles. The Morgan fingerprint density at radius 3 is 2.59 bits per heavy atom. The molecule has 0 unspecified atom stereocenters. The molecule has 1 fully saturated rings. The highest BCUT2D eigenvalue weighted by Gasteiger charge is 2.30. The molecule has 3 aromatic rings. The lowest BCUT2D eigenvalue weighted by atomic mass is 10.1. The van der Waals surface area contributed by atoms with Crippen molar-refractivity contribution >= 4 is 40.6 Å². The number of rotatable bonds is 8. The van der Waals surface area contributed by atoms with Crippen molar-refractivity contribution in [2.45, 2.75) is 20.5 Å². The van der Waals surface area contributed by atoms with E-state index < -0.39 is 5.97 Å². The van der Waals surface area contributed by atoms with E-state index in [-0.39, 0.29) is 5.91 Å². The Hall–Kier alpha value is -4.04. The van der Waals surface area contributed by atoms with Crippen LogP contribution in [0.25, 0.3) is 6.08 Å². The fraction of sp³-hybridized carbons (Fsp3) is 0.207. The van der Waals surface area contributed by atoms with Gasteiger partial charge < -0.3 is 14.2 Å². The first-order chi connectivity index (χ1) is 17.9. The average Bonchev–Trinajstić information content (AvgIpc) is 3.15. The number of nitrogens with zero attached hydrogens (tertiary/aromatic N) is 2. The normalized spacial score (nSPS) is 15.4. The summed E-state index contributed by atoms with van der Waals surface area (Å²) in [5.74, 6) is 0.649. The number of amidine groups is 1. The lowest BCUT2D eigenvalue weighted by Gasteiger charge is -2.13. The first-order valence-corrected chi connectivity index (χ1v) is 12.6. The highest BCUT2D eigenvalue weighted by atomic mass is 32.2. The molecule has 0 N–H and O–H groups in total. The number of aryl methyl sites for hydroxylation is 1. The number of likely N-dealkylation sites (N-methyl/N-ethyl adjacent to an activating group) is 1. The van der Waals surface area contributed by atoms with Gasteiger partial charge >= 0.3 is 5.97 Å². The van der Waals surface area contributed by atoms with Gasteiger partial charge in [-0.1, -0.05) is 42.0 Å². The second-order valence-electron chi connectivity index (χ2n) is 8.33. The fourth-order valence-corrected chi connectivity index (χ4v) is 4.69. The predicted octanol–water partition coefficient (Wildman–Crippen LogP) is 5.99. The van der Waals surface area contributed by atoms with Crippen molar-refractivity contribution < 1.29 is 23.8 Å². The smallest absolute Gasteiger partial charge is 0.337 e. The molecule has 1 heterocycles. The van der Waals surface area contributed by atoms with Crippen LogP contribution in [0.4, 0.5) is 5.69 Å². The Morgan fingerprint density at radius 1 is 1.03 bits per heavy atom. The van der Waals surface area contributed by atoms with E-state index in [0.29, 0.717) is 46.0 Å². The van der Waals surface area contributed by atoms with E-state index in [1.807, 2.05) is 56.3 Å². The Morgan fingerprint density at radius 2 is 1.84 bits per heavy atom. The van der Waals surface area contributed by atoms with E-state index in [4.69, 9.17) is 14.2 Å². The Labute approximate surface area is 220 Å². The number of aliphatic imine (C=N–C) groups is 1. The van der Waals surface area contributed by atoms with Gasteiger partial charge in [-0.15, -0.1) is 0 Å². The number of esters is 1. The second kappa shape index (κ2) is 11.8. The Kier molecular flexibility index (Phi) is 8.30. The molecule has 8 heteroatoms. The van der Waals surface area contributed by atoms with E-state index >= 15 is 0 Å². The second-order valence-corrected chi connectivity index (χ2v) is 9.34. The van der Waals surface area contributed by atoms with E-state index in [9.17, 15) is 9.59 Å². The van der Waals surface area contributed by atoms with Gasteiger partial charge in [0.25, 0.3) is 5.91 Å². The SMILES string of the molecule is CCOc1cc(C=C2SC(=Nc3cccc(C(=O)OC)c3)N(C)C2=O)ccc1OCc1cccc(C)c1. The zero-order valence-corrected chi connectivity index (χ0v) is 22.0. The van der Waals surface area contributed by atoms with Crippen molar-refractivity contribution in [1.29, 1.82) is 0 Å². The van der Waals surface area contributed by atoms with Crippen LogP contribution in [0.5, 0.6) is 11.5 Å². The highest BCUT2D eigenvalue weighted by Crippen LogP contribution is 2.35. The van der Waals surface area contributed by atoms with Crippen LogP contribution in [-0.2, 0) is 16.1 Å². The van der Waals surface area contributed by atoms with Crippen molar-refractivity contribution in [3.8, 4) is 11.5 Å². The summed E-state index contributed by atoms with van der Waals surface area (Å²) in [7, 11) is 3.00. The van der Waals surface area contributed by atoms with Gasteiger partial charge in [-0.2, -0.15) is 0 Å². The van der Waals surface area contributed by atoms with Crippen LogP contribution in [-0.4, -0.2) is 42.7 Å². The molecule has 0 aliphatic carbocycles. The summed E-state index contributed by atoms with van der Waals surface area (Å²) in [6.07, 6.45) is 1.81. The quantitative estimate of drug-likeness (QED) is 0.270. The number of carbonyl (C=O) groups excluding carboxylic acids is 2. The van der Waals surface area contributed by atoms with Gasteiger partial charge in [-0.3, -0.25) is 9.69 Å². The first kappa shape index (κ1) is 26.0. The Balaban J connectivity index is 1.54. The van der Waals surface area contributed by atoms with Crippen molar-refractivity contribution in [1.82, 2.24) is 4.90 Å². The zero-order valence-electron chi connectivity index (χ0n) is 21.2. The van der Waals surface area contributed by atoms with E-state index in [1.54, 1.807) is 31.3 Å². The number of carbonyl (C=O) groups is 2. The summed E-state index contributed by atoms with van der Waals surface area (Å²) in [5.41, 5.74) is 4.01. The number of ether oxygens (including phenoxy) is 3. The minimum atomic E-state index is -0.442. The van der Waals surface area contributed by atoms with Gasteiger partial charge in [-0.05, 0) is 73.1 Å². The van der Waals surface area contributed by atoms with Gasteiger partial charge in [0.05, 0.1) is 29.9 Å². The van der Waals surface area contributed by atoms with Crippen LogP contribution in [0.3, 0.4) is 0 Å². The summed E-state index contributed by atoms with van der Waals surface area (Å²) in [4.78, 5) is 31.3. The van der Waals surface area contributed by atoms with Crippen molar-refractivity contribution in [3.63, 3.8) is 0 Å². The van der Waals surface area contributed by atoms with E-state index in [0.717, 1.165) is 11.1 Å². The van der Waals surface area contributed by atoms with Crippen LogP contribution in [0.1, 0.15) is 34.0 Å². The Bertz CT molecular complexity index is 1380. The molecule has 1 amide bonds. The van der Waals surface area contributed by atoms with Gasteiger partial charge in [0, 0.05) is 7.05 Å². The van der Waals surface area contributed by atoms with Gasteiger partial charge in [0.2, 0.25) is 0 Å². The monoisotopic (exact) mass is 516 g/mol. The molecule has 0 aromatic heterocycles. The molecule has 4 rings (SSSR count). The number of amides is 1. The molecule has 1 aliphatic rings. The predicted molar refractivity (Wildman–Crippen MR) is 146 cm³/mol. The molecule has 3 aromatic carbocycles. The third-order valence-corrected chi connectivity index (χ3v) is 6.60. The summed E-state index contributed by atoms with van der Waals surface area (Å²) in [6.45, 7) is 4.88. The zero-order chi connectivity index (χ0) is 26.4. The standard InChI is InChI=1S/C29H28N2O5S/c1-5-35-25-15-20(12-13-24(25)36-18-21-9-6-8-19(2)14-21)16-26-27(32)31(3)29(37-26)30-23-11-7-10-22(17-23)28(33)34-4/h6-17H,5,18H2,1-4H3. The number of hydrogen-bond donors (Lipinski definition) is 0. The maximum atomic E-state index is 12.9. The molecule has 1 saturated heterocycles. The van der Waals surface area contributed by atoms with Crippen molar-refractivity contribution in [2.24, 2.45) is 4.99 Å². The minimum Gasteiger partial charge on any atom is -0.490 e. The fourth-order valence-electron chi connectivity index (χ4n) is 3.70. The van der Waals surface area contributed by atoms with E-state index in [2.05, 4.69) is 11.1 Å². The third-order valence-electron chi connectivity index (χ3n) is 5.54. The highest BCUT2D eigenvalue weighted by molar-refractivity contribution is 8.18. The molecule has 0 bridgehead atoms. The topological polar surface area (TPSA) is 77.4 Å². The number of methoxy groups -OCH3 is 1. The molecule has 0 saturated carbocycles. The first-order valence-electron chi connectivity index (χ1n) is 11.8. The van der Waals surface area contributed by atoms with Crippen LogP contribution < -0.4 is 9.47 Å². The maximum Gasteiger partial charge on any atom is 0.337 e. The van der Waals surface area contributed by atoms with Gasteiger partial charge in [0.1, 0.15) is 6.61 Å². The van der Waals surface area contributed by atoms with Crippen LogP contribution >= 0.6 is 11.8 Å².